The van der Waals surface area contributed by atoms with Crippen LogP contribution >= 0.6 is 12.2 Å². The number of ether oxygens (including phenoxy) is 2. The molecule has 0 bridgehead atoms. The predicted octanol–water partition coefficient (Wildman–Crippen LogP) is 5.10. The van der Waals surface area contributed by atoms with Crippen molar-refractivity contribution in [1.29, 1.82) is 0 Å². The molecule has 0 saturated carbocycles. The van der Waals surface area contributed by atoms with Crippen molar-refractivity contribution in [3.63, 3.8) is 0 Å². The fourth-order valence-electron chi connectivity index (χ4n) is 4.65. The second kappa shape index (κ2) is 9.55. The van der Waals surface area contributed by atoms with Crippen LogP contribution in [0.5, 0.6) is 11.5 Å². The molecule has 7 nitrogen and oxygen atoms in total. The van der Waals surface area contributed by atoms with Gasteiger partial charge in [-0.1, -0.05) is 30.3 Å². The first kappa shape index (κ1) is 24.3. The molecule has 1 aliphatic rings. The molecule has 1 aliphatic heterocycles. The van der Waals surface area contributed by atoms with E-state index in [2.05, 4.69) is 40.2 Å². The van der Waals surface area contributed by atoms with Gasteiger partial charge in [0.15, 0.2) is 5.11 Å². The van der Waals surface area contributed by atoms with E-state index in [1.807, 2.05) is 32.0 Å². The fourth-order valence-corrected chi connectivity index (χ4v) is 4.92. The molecule has 37 heavy (non-hydrogen) atoms. The average molecular weight is 512 g/mol. The van der Waals surface area contributed by atoms with Crippen molar-refractivity contribution in [2.24, 2.45) is 0 Å². The Kier molecular flexibility index (Phi) is 6.27. The number of nitrogens with zero attached hydrogens (tertiary/aromatic N) is 2. The van der Waals surface area contributed by atoms with Crippen molar-refractivity contribution < 1.29 is 19.1 Å². The number of aromatic nitrogens is 1. The van der Waals surface area contributed by atoms with Gasteiger partial charge in [0.05, 0.1) is 19.9 Å². The molecule has 1 aromatic heterocycles. The first-order chi connectivity index (χ1) is 17.8. The van der Waals surface area contributed by atoms with E-state index in [1.165, 1.54) is 12.0 Å². The number of nitrogens with one attached hydrogen (secondary N) is 1. The third kappa shape index (κ3) is 4.25. The van der Waals surface area contributed by atoms with Gasteiger partial charge >= 0.3 is 0 Å². The molecule has 1 saturated heterocycles. The van der Waals surface area contributed by atoms with Gasteiger partial charge in [-0.2, -0.15) is 0 Å². The number of rotatable bonds is 5. The molecule has 186 valence electrons. The van der Waals surface area contributed by atoms with Crippen LogP contribution in [0.2, 0.25) is 0 Å². The molecule has 5 rings (SSSR count). The van der Waals surface area contributed by atoms with E-state index >= 15 is 0 Å². The zero-order chi connectivity index (χ0) is 26.3. The summed E-state index contributed by atoms with van der Waals surface area (Å²) in [5.74, 6) is -0.126. The zero-order valence-electron chi connectivity index (χ0n) is 20.9. The highest BCUT2D eigenvalue weighted by Crippen LogP contribution is 2.35. The van der Waals surface area contributed by atoms with E-state index in [1.54, 1.807) is 31.4 Å². The Morgan fingerprint density at radius 2 is 1.65 bits per heavy atom. The largest absolute Gasteiger partial charge is 0.497 e. The van der Waals surface area contributed by atoms with Gasteiger partial charge in [0, 0.05) is 23.1 Å². The zero-order valence-corrected chi connectivity index (χ0v) is 21.7. The molecule has 1 fully saturated rings. The average Bonchev–Trinajstić information content (AvgIpc) is 3.18. The van der Waals surface area contributed by atoms with Gasteiger partial charge in [-0.3, -0.25) is 14.9 Å². The van der Waals surface area contributed by atoms with Crippen molar-refractivity contribution >= 4 is 51.7 Å². The molecule has 2 heterocycles. The van der Waals surface area contributed by atoms with E-state index in [-0.39, 0.29) is 10.7 Å². The predicted molar refractivity (Wildman–Crippen MR) is 148 cm³/mol. The third-order valence-corrected chi connectivity index (χ3v) is 6.78. The van der Waals surface area contributed by atoms with E-state index in [9.17, 15) is 9.59 Å². The molecule has 0 atom stereocenters. The van der Waals surface area contributed by atoms with E-state index in [0.29, 0.717) is 17.2 Å². The van der Waals surface area contributed by atoms with Crippen molar-refractivity contribution in [3.05, 3.63) is 89.3 Å². The first-order valence-electron chi connectivity index (χ1n) is 11.6. The monoisotopic (exact) mass is 511 g/mol. The van der Waals surface area contributed by atoms with E-state index in [4.69, 9.17) is 21.7 Å². The van der Waals surface area contributed by atoms with Crippen LogP contribution in [0, 0.1) is 13.8 Å². The van der Waals surface area contributed by atoms with Gasteiger partial charge in [-0.25, -0.2) is 4.90 Å². The number of thiocarbonyl (C=S) groups is 1. The van der Waals surface area contributed by atoms with Crippen LogP contribution in [-0.4, -0.2) is 35.7 Å². The summed E-state index contributed by atoms with van der Waals surface area (Å²) in [4.78, 5) is 27.8. The summed E-state index contributed by atoms with van der Waals surface area (Å²) >= 11 is 5.36. The number of carbonyl (C=O) groups is 2. The standard InChI is InChI=1S/C29H25N3O4S/c1-17-13-21(18(2)31(17)22-10-9-19-7-5-6-8-20(19)14-22)15-24-27(33)30-29(37)32(28(24)34)25-12-11-23(35-3)16-26(25)36-4/h5-16H,1-4H3,(H,30,33,37)/b24-15+. The highest BCUT2D eigenvalue weighted by molar-refractivity contribution is 7.80. The van der Waals surface area contributed by atoms with Crippen LogP contribution in [0.3, 0.4) is 0 Å². The van der Waals surface area contributed by atoms with Gasteiger partial charge in [-0.05, 0) is 78.8 Å². The van der Waals surface area contributed by atoms with Crippen LogP contribution in [0.1, 0.15) is 17.0 Å². The first-order valence-corrected chi connectivity index (χ1v) is 12.0. The minimum Gasteiger partial charge on any atom is -0.497 e. The van der Waals surface area contributed by atoms with Crippen molar-refractivity contribution in [3.8, 4) is 17.2 Å². The summed E-state index contributed by atoms with van der Waals surface area (Å²) in [7, 11) is 3.04. The molecular weight excluding hydrogens is 486 g/mol. The minimum absolute atomic E-state index is 0.0164. The lowest BCUT2D eigenvalue weighted by atomic mass is 10.1. The number of methoxy groups -OCH3 is 2. The molecule has 4 aromatic rings. The summed E-state index contributed by atoms with van der Waals surface area (Å²) < 4.78 is 12.8. The van der Waals surface area contributed by atoms with Gasteiger partial charge in [0.2, 0.25) is 0 Å². The Bertz CT molecular complexity index is 1620. The number of amides is 2. The lowest BCUT2D eigenvalue weighted by molar-refractivity contribution is -0.122. The lowest BCUT2D eigenvalue weighted by Gasteiger charge is -2.30. The van der Waals surface area contributed by atoms with Crippen LogP contribution in [0.25, 0.3) is 22.5 Å². The molecule has 0 aliphatic carbocycles. The van der Waals surface area contributed by atoms with Crippen molar-refractivity contribution in [2.45, 2.75) is 13.8 Å². The molecular formula is C29H25N3O4S. The number of aryl methyl sites for hydroxylation is 1. The molecule has 1 N–H and O–H groups in total. The number of benzene rings is 3. The molecule has 3 aromatic carbocycles. The SMILES string of the molecule is COc1ccc(N2C(=O)/C(=C/c3cc(C)n(-c4ccc5ccccc5c4)c3C)C(=O)NC2=S)c(OC)c1. The Labute approximate surface area is 219 Å². The number of carbonyl (C=O) groups excluding carboxylic acids is 2. The highest BCUT2D eigenvalue weighted by atomic mass is 32.1. The fraction of sp³-hybridized carbons (Fsp3) is 0.138. The Morgan fingerprint density at radius 3 is 2.38 bits per heavy atom. The number of fused-ring (bicyclic) bond motifs is 1. The van der Waals surface area contributed by atoms with Crippen molar-refractivity contribution in [1.82, 2.24) is 9.88 Å². The maximum atomic E-state index is 13.6. The Morgan fingerprint density at radius 1 is 0.892 bits per heavy atom. The lowest BCUT2D eigenvalue weighted by Crippen LogP contribution is -2.54. The van der Waals surface area contributed by atoms with Crippen LogP contribution < -0.4 is 19.7 Å². The quantitative estimate of drug-likeness (QED) is 0.229. The van der Waals surface area contributed by atoms with Crippen molar-refractivity contribution in [2.75, 3.05) is 19.1 Å². The number of hydrogen-bond donors (Lipinski definition) is 1. The van der Waals surface area contributed by atoms with Gasteiger partial charge < -0.3 is 14.0 Å². The summed E-state index contributed by atoms with van der Waals surface area (Å²) in [6, 6.07) is 21.4. The van der Waals surface area contributed by atoms with Gasteiger partial charge in [0.1, 0.15) is 17.1 Å². The third-order valence-electron chi connectivity index (χ3n) is 6.49. The summed E-state index contributed by atoms with van der Waals surface area (Å²) in [5, 5.41) is 4.91. The number of anilines is 1. The van der Waals surface area contributed by atoms with Crippen LogP contribution in [0.4, 0.5) is 5.69 Å². The topological polar surface area (TPSA) is 72.8 Å². The summed E-state index contributed by atoms with van der Waals surface area (Å²) in [6.45, 7) is 3.96. The highest BCUT2D eigenvalue weighted by Gasteiger charge is 2.36. The van der Waals surface area contributed by atoms with Crippen LogP contribution in [-0.2, 0) is 9.59 Å². The minimum atomic E-state index is -0.547. The maximum Gasteiger partial charge on any atom is 0.270 e. The molecule has 0 radical (unpaired) electrons. The van der Waals surface area contributed by atoms with Gasteiger partial charge in [-0.15, -0.1) is 0 Å². The molecule has 2 amide bonds. The molecule has 8 heteroatoms. The second-order valence-electron chi connectivity index (χ2n) is 8.69. The number of hydrogen-bond acceptors (Lipinski definition) is 5. The smallest absolute Gasteiger partial charge is 0.270 e. The molecule has 0 spiro atoms. The summed E-state index contributed by atoms with van der Waals surface area (Å²) in [6.07, 6.45) is 1.61. The van der Waals surface area contributed by atoms with Gasteiger partial charge in [0.25, 0.3) is 11.8 Å². The Balaban J connectivity index is 1.56. The molecule has 0 unspecified atom stereocenters. The normalized spacial score (nSPS) is 14.9. The Hall–Kier alpha value is -4.43. The van der Waals surface area contributed by atoms with E-state index < -0.39 is 11.8 Å². The summed E-state index contributed by atoms with van der Waals surface area (Å²) in [5.41, 5.74) is 4.04. The second-order valence-corrected chi connectivity index (χ2v) is 9.08. The van der Waals surface area contributed by atoms with E-state index in [0.717, 1.165) is 33.4 Å². The van der Waals surface area contributed by atoms with Crippen LogP contribution in [0.15, 0.2) is 72.3 Å². The maximum absolute atomic E-state index is 13.6.